The molecule has 2 rings (SSSR count). The van der Waals surface area contributed by atoms with Gasteiger partial charge in [-0.05, 0) is 37.0 Å². The molecule has 1 atom stereocenters. The van der Waals surface area contributed by atoms with Crippen LogP contribution in [0.4, 0.5) is 4.79 Å². The Morgan fingerprint density at radius 1 is 1.28 bits per heavy atom. The van der Waals surface area contributed by atoms with E-state index in [1.807, 2.05) is 11.8 Å². The Hall–Kier alpha value is -2.08. The number of hydrogen-bond acceptors (Lipinski definition) is 3. The molecule has 0 bridgehead atoms. The SMILES string of the molecule is CC[C@H](CNC(=O)N1CCN(Cc2ccc(C)c(C)c2)C(=O)C1)OC. The van der Waals surface area contributed by atoms with Crippen LogP contribution >= 0.6 is 0 Å². The zero-order valence-electron chi connectivity index (χ0n) is 15.7. The van der Waals surface area contributed by atoms with Gasteiger partial charge in [0.2, 0.25) is 5.91 Å². The molecule has 3 amide bonds. The molecule has 6 heteroatoms. The van der Waals surface area contributed by atoms with Crippen molar-refractivity contribution in [2.75, 3.05) is 33.3 Å². The highest BCUT2D eigenvalue weighted by atomic mass is 16.5. The number of aryl methyl sites for hydroxylation is 2. The highest BCUT2D eigenvalue weighted by Crippen LogP contribution is 2.14. The minimum atomic E-state index is -0.199. The molecule has 1 heterocycles. The fraction of sp³-hybridized carbons (Fsp3) is 0.579. The number of piperazine rings is 1. The molecule has 1 saturated heterocycles. The number of ether oxygens (including phenoxy) is 1. The predicted molar refractivity (Wildman–Crippen MR) is 97.4 cm³/mol. The Morgan fingerprint density at radius 2 is 2.04 bits per heavy atom. The van der Waals surface area contributed by atoms with Crippen LogP contribution in [0.3, 0.4) is 0 Å². The van der Waals surface area contributed by atoms with E-state index in [4.69, 9.17) is 4.74 Å². The first-order chi connectivity index (χ1) is 11.9. The van der Waals surface area contributed by atoms with E-state index >= 15 is 0 Å². The van der Waals surface area contributed by atoms with Crippen LogP contribution in [0.25, 0.3) is 0 Å². The van der Waals surface area contributed by atoms with Crippen molar-refractivity contribution in [3.63, 3.8) is 0 Å². The molecule has 0 aliphatic carbocycles. The molecule has 6 nitrogen and oxygen atoms in total. The Labute approximate surface area is 150 Å². The summed E-state index contributed by atoms with van der Waals surface area (Å²) >= 11 is 0. The van der Waals surface area contributed by atoms with E-state index in [0.29, 0.717) is 26.2 Å². The van der Waals surface area contributed by atoms with Crippen LogP contribution in [-0.4, -0.2) is 61.1 Å². The molecule has 0 spiro atoms. The van der Waals surface area contributed by atoms with Crippen LogP contribution in [0.2, 0.25) is 0 Å². The number of hydrogen-bond donors (Lipinski definition) is 1. The van der Waals surface area contributed by atoms with Crippen molar-refractivity contribution >= 4 is 11.9 Å². The average Bonchev–Trinajstić information content (AvgIpc) is 2.60. The van der Waals surface area contributed by atoms with Gasteiger partial charge in [-0.2, -0.15) is 0 Å². The van der Waals surface area contributed by atoms with Gasteiger partial charge in [0.1, 0.15) is 6.54 Å². The third-order valence-corrected chi connectivity index (χ3v) is 4.82. The second-order valence-electron chi connectivity index (χ2n) is 6.61. The molecule has 0 saturated carbocycles. The normalized spacial score (nSPS) is 16.1. The molecule has 1 aliphatic rings. The summed E-state index contributed by atoms with van der Waals surface area (Å²) in [7, 11) is 1.63. The van der Waals surface area contributed by atoms with E-state index in [1.165, 1.54) is 11.1 Å². The molecular weight excluding hydrogens is 318 g/mol. The van der Waals surface area contributed by atoms with Gasteiger partial charge in [0, 0.05) is 33.3 Å². The number of nitrogens with one attached hydrogen (secondary N) is 1. The quantitative estimate of drug-likeness (QED) is 0.857. The van der Waals surface area contributed by atoms with E-state index in [9.17, 15) is 9.59 Å². The fourth-order valence-corrected chi connectivity index (χ4v) is 2.88. The number of urea groups is 1. The Morgan fingerprint density at radius 3 is 2.64 bits per heavy atom. The van der Waals surface area contributed by atoms with E-state index in [0.717, 1.165) is 12.0 Å². The van der Waals surface area contributed by atoms with E-state index in [2.05, 4.69) is 37.4 Å². The minimum Gasteiger partial charge on any atom is -0.380 e. The fourth-order valence-electron chi connectivity index (χ4n) is 2.88. The molecule has 1 N–H and O–H groups in total. The average molecular weight is 347 g/mol. The lowest BCUT2D eigenvalue weighted by Gasteiger charge is -2.34. The molecule has 1 aromatic rings. The predicted octanol–water partition coefficient (Wildman–Crippen LogP) is 2.08. The van der Waals surface area contributed by atoms with Gasteiger partial charge in [0.05, 0.1) is 6.10 Å². The number of nitrogens with zero attached hydrogens (tertiary/aromatic N) is 2. The van der Waals surface area contributed by atoms with Crippen molar-refractivity contribution in [2.24, 2.45) is 0 Å². The first kappa shape index (κ1) is 19.2. The van der Waals surface area contributed by atoms with Crippen LogP contribution in [0.15, 0.2) is 18.2 Å². The number of benzene rings is 1. The summed E-state index contributed by atoms with van der Waals surface area (Å²) in [5.41, 5.74) is 3.60. The summed E-state index contributed by atoms with van der Waals surface area (Å²) in [5, 5.41) is 2.84. The lowest BCUT2D eigenvalue weighted by atomic mass is 10.1. The lowest BCUT2D eigenvalue weighted by molar-refractivity contribution is -0.135. The maximum Gasteiger partial charge on any atom is 0.318 e. The molecule has 0 unspecified atom stereocenters. The Kier molecular flexibility index (Phi) is 6.82. The molecule has 138 valence electrons. The minimum absolute atomic E-state index is 0.00529. The summed E-state index contributed by atoms with van der Waals surface area (Å²) < 4.78 is 5.25. The van der Waals surface area contributed by atoms with Crippen molar-refractivity contribution < 1.29 is 14.3 Å². The van der Waals surface area contributed by atoms with E-state index in [-0.39, 0.29) is 24.6 Å². The summed E-state index contributed by atoms with van der Waals surface area (Å²) in [6.45, 7) is 8.45. The zero-order chi connectivity index (χ0) is 18.4. The smallest absolute Gasteiger partial charge is 0.318 e. The summed E-state index contributed by atoms with van der Waals surface area (Å²) in [5.74, 6) is -0.0154. The Balaban J connectivity index is 1.86. The molecule has 1 fully saturated rings. The summed E-state index contributed by atoms with van der Waals surface area (Å²) in [6, 6.07) is 6.06. The zero-order valence-corrected chi connectivity index (χ0v) is 15.7. The van der Waals surface area contributed by atoms with Crippen molar-refractivity contribution in [3.05, 3.63) is 34.9 Å². The molecule has 25 heavy (non-hydrogen) atoms. The van der Waals surface area contributed by atoms with Gasteiger partial charge in [0.15, 0.2) is 0 Å². The Bertz CT molecular complexity index is 614. The van der Waals surface area contributed by atoms with E-state index in [1.54, 1.807) is 12.0 Å². The van der Waals surface area contributed by atoms with Crippen LogP contribution in [-0.2, 0) is 16.1 Å². The van der Waals surface area contributed by atoms with Crippen LogP contribution in [0.1, 0.15) is 30.0 Å². The van der Waals surface area contributed by atoms with Crippen molar-refractivity contribution in [1.82, 2.24) is 15.1 Å². The molecular formula is C19H29N3O3. The topological polar surface area (TPSA) is 61.9 Å². The second-order valence-corrected chi connectivity index (χ2v) is 6.61. The van der Waals surface area contributed by atoms with Crippen molar-refractivity contribution in [3.8, 4) is 0 Å². The number of rotatable bonds is 6. The molecule has 1 aromatic carbocycles. The van der Waals surface area contributed by atoms with Crippen molar-refractivity contribution in [1.29, 1.82) is 0 Å². The number of carbonyl (C=O) groups excluding carboxylic acids is 2. The lowest BCUT2D eigenvalue weighted by Crippen LogP contribution is -2.55. The van der Waals surface area contributed by atoms with Gasteiger partial charge in [0.25, 0.3) is 0 Å². The molecule has 0 radical (unpaired) electrons. The molecule has 1 aliphatic heterocycles. The number of methoxy groups -OCH3 is 1. The summed E-state index contributed by atoms with van der Waals surface area (Å²) in [4.78, 5) is 28.0. The monoisotopic (exact) mass is 347 g/mol. The molecule has 0 aromatic heterocycles. The van der Waals surface area contributed by atoms with Crippen LogP contribution in [0, 0.1) is 13.8 Å². The largest absolute Gasteiger partial charge is 0.380 e. The van der Waals surface area contributed by atoms with Gasteiger partial charge >= 0.3 is 6.03 Å². The maximum absolute atomic E-state index is 12.4. The highest BCUT2D eigenvalue weighted by Gasteiger charge is 2.27. The highest BCUT2D eigenvalue weighted by molar-refractivity contribution is 5.85. The third-order valence-electron chi connectivity index (χ3n) is 4.82. The standard InChI is InChI=1S/C19H29N3O3/c1-5-17(25-4)11-20-19(24)22-9-8-21(18(23)13-22)12-16-7-6-14(2)15(3)10-16/h6-7,10,17H,5,8-9,11-13H2,1-4H3,(H,20,24)/t17-/m1/s1. The van der Waals surface area contributed by atoms with Crippen LogP contribution in [0.5, 0.6) is 0 Å². The maximum atomic E-state index is 12.4. The van der Waals surface area contributed by atoms with Gasteiger partial charge in [-0.15, -0.1) is 0 Å². The van der Waals surface area contributed by atoms with E-state index < -0.39 is 0 Å². The number of carbonyl (C=O) groups is 2. The van der Waals surface area contributed by atoms with Gasteiger partial charge < -0.3 is 19.9 Å². The summed E-state index contributed by atoms with van der Waals surface area (Å²) in [6.07, 6.45) is 0.838. The van der Waals surface area contributed by atoms with Gasteiger partial charge in [-0.1, -0.05) is 25.1 Å². The number of amides is 3. The van der Waals surface area contributed by atoms with Gasteiger partial charge in [-0.3, -0.25) is 4.79 Å². The first-order valence-electron chi connectivity index (χ1n) is 8.84. The van der Waals surface area contributed by atoms with Crippen molar-refractivity contribution in [2.45, 2.75) is 39.8 Å². The first-order valence-corrected chi connectivity index (χ1v) is 8.84. The van der Waals surface area contributed by atoms with Crippen LogP contribution < -0.4 is 5.32 Å². The second kappa shape index (κ2) is 8.85. The third kappa shape index (κ3) is 5.19. The van der Waals surface area contributed by atoms with Gasteiger partial charge in [-0.25, -0.2) is 4.79 Å².